The standard InChI is InChI=1S/C19H19F2N3O3/c1-11-22-10-14(19(26)27)18(23-11)12-5-7-24(8-6-12)17(25)9-13-15(20)3-2-4-16(13)21/h2-4,10,12H,5-9H2,1H3,(H,26,27). The molecule has 0 saturated carbocycles. The van der Waals surface area contributed by atoms with Gasteiger partial charge in [0.2, 0.25) is 5.91 Å². The minimum Gasteiger partial charge on any atom is -0.478 e. The number of amides is 1. The molecule has 2 aromatic rings. The minimum absolute atomic E-state index is 0.0683. The lowest BCUT2D eigenvalue weighted by Gasteiger charge is -2.32. The molecule has 27 heavy (non-hydrogen) atoms. The first-order chi connectivity index (χ1) is 12.9. The van der Waals surface area contributed by atoms with Crippen molar-refractivity contribution < 1.29 is 23.5 Å². The molecule has 0 bridgehead atoms. The zero-order valence-electron chi connectivity index (χ0n) is 14.8. The van der Waals surface area contributed by atoms with Gasteiger partial charge in [-0.25, -0.2) is 23.5 Å². The number of aryl methyl sites for hydroxylation is 1. The van der Waals surface area contributed by atoms with Crippen LogP contribution in [-0.2, 0) is 11.2 Å². The Kier molecular flexibility index (Phi) is 5.43. The lowest BCUT2D eigenvalue weighted by atomic mass is 9.90. The second-order valence-electron chi connectivity index (χ2n) is 6.55. The minimum atomic E-state index is -1.08. The van der Waals surface area contributed by atoms with Crippen LogP contribution in [0.4, 0.5) is 8.78 Å². The number of carboxylic acids is 1. The fourth-order valence-corrected chi connectivity index (χ4v) is 3.33. The number of aromatic nitrogens is 2. The molecule has 8 heteroatoms. The van der Waals surface area contributed by atoms with Crippen molar-refractivity contribution in [2.24, 2.45) is 0 Å². The Morgan fingerprint density at radius 1 is 1.22 bits per heavy atom. The molecule has 0 aliphatic carbocycles. The Morgan fingerprint density at radius 3 is 2.44 bits per heavy atom. The fourth-order valence-electron chi connectivity index (χ4n) is 3.33. The van der Waals surface area contributed by atoms with Crippen molar-refractivity contribution >= 4 is 11.9 Å². The van der Waals surface area contributed by atoms with Gasteiger partial charge < -0.3 is 10.0 Å². The molecule has 1 aromatic carbocycles. The zero-order chi connectivity index (χ0) is 19.6. The third kappa shape index (κ3) is 4.10. The summed E-state index contributed by atoms with van der Waals surface area (Å²) in [4.78, 5) is 33.6. The van der Waals surface area contributed by atoms with E-state index in [-0.39, 0.29) is 29.4 Å². The first-order valence-corrected chi connectivity index (χ1v) is 8.64. The van der Waals surface area contributed by atoms with Crippen LogP contribution in [0, 0.1) is 18.6 Å². The highest BCUT2D eigenvalue weighted by molar-refractivity contribution is 5.88. The maximum atomic E-state index is 13.7. The van der Waals surface area contributed by atoms with Crippen molar-refractivity contribution in [3.8, 4) is 0 Å². The predicted molar refractivity (Wildman–Crippen MR) is 92.3 cm³/mol. The van der Waals surface area contributed by atoms with Crippen LogP contribution in [0.2, 0.25) is 0 Å². The second kappa shape index (κ2) is 7.77. The van der Waals surface area contributed by atoms with E-state index in [0.29, 0.717) is 37.4 Å². The molecule has 142 valence electrons. The normalized spacial score (nSPS) is 15.0. The SMILES string of the molecule is Cc1ncc(C(=O)O)c(C2CCN(C(=O)Cc3c(F)cccc3F)CC2)n1. The van der Waals surface area contributed by atoms with Gasteiger partial charge in [-0.3, -0.25) is 4.79 Å². The second-order valence-corrected chi connectivity index (χ2v) is 6.55. The first-order valence-electron chi connectivity index (χ1n) is 8.64. The molecule has 1 saturated heterocycles. The topological polar surface area (TPSA) is 83.4 Å². The van der Waals surface area contributed by atoms with Crippen LogP contribution in [0.1, 0.15) is 46.2 Å². The van der Waals surface area contributed by atoms with Crippen LogP contribution in [0.3, 0.4) is 0 Å². The number of likely N-dealkylation sites (tertiary alicyclic amines) is 1. The summed E-state index contributed by atoms with van der Waals surface area (Å²) in [5.74, 6) is -2.52. The van der Waals surface area contributed by atoms with Gasteiger partial charge in [0.25, 0.3) is 0 Å². The number of nitrogens with zero attached hydrogens (tertiary/aromatic N) is 3. The molecule has 1 fully saturated rings. The number of hydrogen-bond acceptors (Lipinski definition) is 4. The average molecular weight is 375 g/mol. The number of benzene rings is 1. The van der Waals surface area contributed by atoms with Crippen molar-refractivity contribution in [2.75, 3.05) is 13.1 Å². The van der Waals surface area contributed by atoms with Gasteiger partial charge in [0.1, 0.15) is 17.5 Å². The number of halogens is 2. The van der Waals surface area contributed by atoms with Gasteiger partial charge in [-0.15, -0.1) is 0 Å². The fraction of sp³-hybridized carbons (Fsp3) is 0.368. The number of carbonyl (C=O) groups is 2. The van der Waals surface area contributed by atoms with Crippen LogP contribution < -0.4 is 0 Å². The maximum absolute atomic E-state index is 13.7. The summed E-state index contributed by atoms with van der Waals surface area (Å²) >= 11 is 0. The van der Waals surface area contributed by atoms with Gasteiger partial charge in [-0.2, -0.15) is 0 Å². The van der Waals surface area contributed by atoms with E-state index in [1.54, 1.807) is 11.8 Å². The van der Waals surface area contributed by atoms with E-state index in [1.165, 1.54) is 12.3 Å². The van der Waals surface area contributed by atoms with Crippen molar-refractivity contribution in [3.05, 3.63) is 58.7 Å². The van der Waals surface area contributed by atoms with Crippen LogP contribution >= 0.6 is 0 Å². The van der Waals surface area contributed by atoms with E-state index in [0.717, 1.165) is 12.1 Å². The van der Waals surface area contributed by atoms with E-state index in [1.807, 2.05) is 0 Å². The number of hydrogen-bond donors (Lipinski definition) is 1. The maximum Gasteiger partial charge on any atom is 0.339 e. The van der Waals surface area contributed by atoms with Crippen molar-refractivity contribution in [3.63, 3.8) is 0 Å². The van der Waals surface area contributed by atoms with Crippen molar-refractivity contribution in [1.82, 2.24) is 14.9 Å². The molecule has 3 rings (SSSR count). The van der Waals surface area contributed by atoms with Gasteiger partial charge in [0, 0.05) is 30.8 Å². The average Bonchev–Trinajstić information content (AvgIpc) is 2.64. The molecule has 0 spiro atoms. The third-order valence-corrected chi connectivity index (χ3v) is 4.79. The van der Waals surface area contributed by atoms with Gasteiger partial charge in [0.15, 0.2) is 0 Å². The number of piperidine rings is 1. The van der Waals surface area contributed by atoms with Crippen LogP contribution in [0.5, 0.6) is 0 Å². The number of carboxylic acid groups (broad SMARTS) is 1. The smallest absolute Gasteiger partial charge is 0.339 e. The van der Waals surface area contributed by atoms with E-state index < -0.39 is 17.6 Å². The van der Waals surface area contributed by atoms with Gasteiger partial charge >= 0.3 is 5.97 Å². The quantitative estimate of drug-likeness (QED) is 0.888. The molecule has 1 aliphatic rings. The monoisotopic (exact) mass is 375 g/mol. The predicted octanol–water partition coefficient (Wildman–Crippen LogP) is 2.71. The summed E-state index contributed by atoms with van der Waals surface area (Å²) in [6.45, 7) is 2.44. The molecule has 2 heterocycles. The third-order valence-electron chi connectivity index (χ3n) is 4.79. The highest BCUT2D eigenvalue weighted by Crippen LogP contribution is 2.29. The van der Waals surface area contributed by atoms with Crippen molar-refractivity contribution in [1.29, 1.82) is 0 Å². The van der Waals surface area contributed by atoms with E-state index in [2.05, 4.69) is 9.97 Å². The van der Waals surface area contributed by atoms with Gasteiger partial charge in [0.05, 0.1) is 17.7 Å². The summed E-state index contributed by atoms with van der Waals surface area (Å²) in [5.41, 5.74) is 0.310. The zero-order valence-corrected chi connectivity index (χ0v) is 14.8. The first kappa shape index (κ1) is 18.9. The number of rotatable bonds is 4. The van der Waals surface area contributed by atoms with E-state index in [9.17, 15) is 23.5 Å². The van der Waals surface area contributed by atoms with E-state index in [4.69, 9.17) is 0 Å². The Morgan fingerprint density at radius 2 is 1.85 bits per heavy atom. The highest BCUT2D eigenvalue weighted by Gasteiger charge is 2.28. The molecular weight excluding hydrogens is 356 g/mol. The molecular formula is C19H19F2N3O3. The van der Waals surface area contributed by atoms with Gasteiger partial charge in [-0.05, 0) is 31.9 Å². The van der Waals surface area contributed by atoms with Crippen molar-refractivity contribution in [2.45, 2.75) is 32.1 Å². The molecule has 1 amide bonds. The Balaban J connectivity index is 1.68. The largest absolute Gasteiger partial charge is 0.478 e. The van der Waals surface area contributed by atoms with E-state index >= 15 is 0 Å². The number of carbonyl (C=O) groups excluding carboxylic acids is 1. The van der Waals surface area contributed by atoms with Gasteiger partial charge in [-0.1, -0.05) is 6.07 Å². The summed E-state index contributed by atoms with van der Waals surface area (Å²) in [6, 6.07) is 3.51. The molecule has 0 radical (unpaired) electrons. The van der Waals surface area contributed by atoms with Crippen LogP contribution in [-0.4, -0.2) is 44.9 Å². The lowest BCUT2D eigenvalue weighted by molar-refractivity contribution is -0.131. The summed E-state index contributed by atoms with van der Waals surface area (Å²) in [5, 5.41) is 9.33. The molecule has 0 atom stereocenters. The lowest BCUT2D eigenvalue weighted by Crippen LogP contribution is -2.39. The summed E-state index contributed by atoms with van der Waals surface area (Å²) < 4.78 is 27.5. The molecule has 1 aliphatic heterocycles. The Hall–Kier alpha value is -2.90. The van der Waals surface area contributed by atoms with Crippen LogP contribution in [0.25, 0.3) is 0 Å². The summed E-state index contributed by atoms with van der Waals surface area (Å²) in [6.07, 6.45) is 2.03. The Labute approximate surface area is 154 Å². The molecule has 0 unspecified atom stereocenters. The molecule has 1 aromatic heterocycles. The highest BCUT2D eigenvalue weighted by atomic mass is 19.1. The summed E-state index contributed by atoms with van der Waals surface area (Å²) in [7, 11) is 0. The molecule has 1 N–H and O–H groups in total. The number of aromatic carboxylic acids is 1. The molecule has 6 nitrogen and oxygen atoms in total. The Bertz CT molecular complexity index is 860. The van der Waals surface area contributed by atoms with Crippen LogP contribution in [0.15, 0.2) is 24.4 Å².